The molecule has 0 radical (unpaired) electrons. The predicted molar refractivity (Wildman–Crippen MR) is 92.2 cm³/mol. The van der Waals surface area contributed by atoms with E-state index in [9.17, 15) is 4.79 Å². The van der Waals surface area contributed by atoms with Crippen LogP contribution in [-0.2, 0) is 0 Å². The van der Waals surface area contributed by atoms with Crippen molar-refractivity contribution in [1.82, 2.24) is 10.2 Å². The molecule has 0 atom stereocenters. The number of aryl methyl sites for hydroxylation is 1. The topological polar surface area (TPSA) is 81.2 Å². The number of aliphatic hydroxyl groups is 1. The SMILES string of the molecule is Cc1[nH]nc(C(C)C)c1C(=O)Nc1ccc(N(C)CCO)cc1. The average molecular weight is 316 g/mol. The number of carbonyl (C=O) groups is 1. The van der Waals surface area contributed by atoms with Crippen LogP contribution < -0.4 is 10.2 Å². The average Bonchev–Trinajstić information content (AvgIpc) is 2.90. The minimum absolute atomic E-state index is 0.104. The number of anilines is 2. The molecule has 6 nitrogen and oxygen atoms in total. The van der Waals surface area contributed by atoms with E-state index < -0.39 is 0 Å². The van der Waals surface area contributed by atoms with Crippen molar-refractivity contribution >= 4 is 17.3 Å². The summed E-state index contributed by atoms with van der Waals surface area (Å²) in [5, 5.41) is 19.0. The summed E-state index contributed by atoms with van der Waals surface area (Å²) in [6.45, 7) is 6.54. The number of aliphatic hydroxyl groups excluding tert-OH is 1. The molecule has 0 saturated heterocycles. The van der Waals surface area contributed by atoms with Crippen LogP contribution >= 0.6 is 0 Å². The van der Waals surface area contributed by atoms with Crippen LogP contribution in [-0.4, -0.2) is 41.4 Å². The summed E-state index contributed by atoms with van der Waals surface area (Å²) in [4.78, 5) is 14.5. The second-order valence-corrected chi connectivity index (χ2v) is 5.91. The molecule has 0 aliphatic heterocycles. The Morgan fingerprint density at radius 2 is 2.00 bits per heavy atom. The molecule has 0 saturated carbocycles. The molecule has 23 heavy (non-hydrogen) atoms. The summed E-state index contributed by atoms with van der Waals surface area (Å²) in [7, 11) is 1.91. The molecule has 2 aromatic rings. The van der Waals surface area contributed by atoms with Gasteiger partial charge in [-0.2, -0.15) is 5.10 Å². The lowest BCUT2D eigenvalue weighted by Gasteiger charge is -2.18. The van der Waals surface area contributed by atoms with Crippen LogP contribution in [0.2, 0.25) is 0 Å². The molecule has 3 N–H and O–H groups in total. The van der Waals surface area contributed by atoms with Gasteiger partial charge in [0.25, 0.3) is 5.91 Å². The number of nitrogens with one attached hydrogen (secondary N) is 2. The Labute approximate surface area is 136 Å². The lowest BCUT2D eigenvalue weighted by molar-refractivity contribution is 0.102. The third kappa shape index (κ3) is 3.90. The summed E-state index contributed by atoms with van der Waals surface area (Å²) in [6.07, 6.45) is 0. The number of likely N-dealkylation sites (N-methyl/N-ethyl adjacent to an activating group) is 1. The molecular weight excluding hydrogens is 292 g/mol. The van der Waals surface area contributed by atoms with Crippen molar-refractivity contribution < 1.29 is 9.90 Å². The van der Waals surface area contributed by atoms with Crippen LogP contribution in [0.4, 0.5) is 11.4 Å². The van der Waals surface area contributed by atoms with Crippen LogP contribution in [0.15, 0.2) is 24.3 Å². The highest BCUT2D eigenvalue weighted by Crippen LogP contribution is 2.22. The van der Waals surface area contributed by atoms with E-state index in [2.05, 4.69) is 15.5 Å². The summed E-state index contributed by atoms with van der Waals surface area (Å²) in [5.74, 6) is 0.0200. The fourth-order valence-corrected chi connectivity index (χ4v) is 2.42. The van der Waals surface area contributed by atoms with Gasteiger partial charge in [0.1, 0.15) is 0 Å². The number of rotatable bonds is 6. The van der Waals surface area contributed by atoms with E-state index in [1.165, 1.54) is 0 Å². The first-order chi connectivity index (χ1) is 10.9. The van der Waals surface area contributed by atoms with E-state index in [1.807, 2.05) is 57.0 Å². The standard InChI is InChI=1S/C17H24N4O2/c1-11(2)16-15(12(3)19-20-16)17(23)18-13-5-7-14(8-6-13)21(4)9-10-22/h5-8,11,22H,9-10H2,1-4H3,(H,18,23)(H,19,20). The number of nitrogens with zero attached hydrogens (tertiary/aromatic N) is 2. The van der Waals surface area contributed by atoms with Crippen molar-refractivity contribution in [2.45, 2.75) is 26.7 Å². The van der Waals surface area contributed by atoms with Crippen LogP contribution in [0.3, 0.4) is 0 Å². The maximum Gasteiger partial charge on any atom is 0.259 e. The van der Waals surface area contributed by atoms with Gasteiger partial charge in [-0.15, -0.1) is 0 Å². The number of aromatic amines is 1. The molecule has 0 aliphatic carbocycles. The molecule has 2 rings (SSSR count). The number of H-pyrrole nitrogens is 1. The predicted octanol–water partition coefficient (Wildman–Crippen LogP) is 2.52. The minimum Gasteiger partial charge on any atom is -0.395 e. The van der Waals surface area contributed by atoms with E-state index in [4.69, 9.17) is 5.11 Å². The van der Waals surface area contributed by atoms with Crippen molar-refractivity contribution in [1.29, 1.82) is 0 Å². The second kappa shape index (κ2) is 7.28. The van der Waals surface area contributed by atoms with Crippen LogP contribution in [0.1, 0.15) is 41.5 Å². The zero-order chi connectivity index (χ0) is 17.0. The van der Waals surface area contributed by atoms with Gasteiger partial charge >= 0.3 is 0 Å². The number of amides is 1. The first kappa shape index (κ1) is 17.0. The quantitative estimate of drug-likeness (QED) is 0.765. The van der Waals surface area contributed by atoms with Crippen molar-refractivity contribution in [2.24, 2.45) is 0 Å². The number of hydrogen-bond donors (Lipinski definition) is 3. The largest absolute Gasteiger partial charge is 0.395 e. The lowest BCUT2D eigenvalue weighted by Crippen LogP contribution is -2.21. The van der Waals surface area contributed by atoms with Gasteiger partial charge in [0, 0.05) is 30.7 Å². The molecule has 124 valence electrons. The minimum atomic E-state index is -0.156. The Hall–Kier alpha value is -2.34. The zero-order valence-corrected chi connectivity index (χ0v) is 14.1. The summed E-state index contributed by atoms with van der Waals surface area (Å²) >= 11 is 0. The number of aromatic nitrogens is 2. The molecule has 0 spiro atoms. The third-order valence-electron chi connectivity index (χ3n) is 3.75. The van der Waals surface area contributed by atoms with Gasteiger partial charge < -0.3 is 15.3 Å². The molecule has 1 aromatic heterocycles. The summed E-state index contributed by atoms with van der Waals surface area (Å²) in [6, 6.07) is 7.53. The van der Waals surface area contributed by atoms with Gasteiger partial charge in [-0.1, -0.05) is 13.8 Å². The lowest BCUT2D eigenvalue weighted by atomic mass is 10.0. The van der Waals surface area contributed by atoms with E-state index in [0.717, 1.165) is 22.8 Å². The van der Waals surface area contributed by atoms with E-state index in [1.54, 1.807) is 0 Å². The molecule has 0 aliphatic rings. The smallest absolute Gasteiger partial charge is 0.259 e. The van der Waals surface area contributed by atoms with E-state index in [0.29, 0.717) is 12.1 Å². The first-order valence-corrected chi connectivity index (χ1v) is 7.72. The van der Waals surface area contributed by atoms with Crippen LogP contribution in [0.5, 0.6) is 0 Å². The van der Waals surface area contributed by atoms with E-state index in [-0.39, 0.29) is 18.4 Å². The Balaban J connectivity index is 2.13. The van der Waals surface area contributed by atoms with Crippen molar-refractivity contribution in [3.05, 3.63) is 41.2 Å². The van der Waals surface area contributed by atoms with Gasteiger partial charge in [-0.3, -0.25) is 9.89 Å². The Morgan fingerprint density at radius 3 is 2.57 bits per heavy atom. The molecule has 1 heterocycles. The van der Waals surface area contributed by atoms with Crippen molar-refractivity contribution in [3.63, 3.8) is 0 Å². The summed E-state index contributed by atoms with van der Waals surface area (Å²) in [5.41, 5.74) is 3.87. The monoisotopic (exact) mass is 316 g/mol. The molecule has 0 unspecified atom stereocenters. The Bertz CT molecular complexity index is 662. The third-order valence-corrected chi connectivity index (χ3v) is 3.75. The van der Waals surface area contributed by atoms with Gasteiger partial charge in [0.15, 0.2) is 0 Å². The fourth-order valence-electron chi connectivity index (χ4n) is 2.42. The normalized spacial score (nSPS) is 10.9. The highest BCUT2D eigenvalue weighted by atomic mass is 16.3. The first-order valence-electron chi connectivity index (χ1n) is 7.72. The van der Waals surface area contributed by atoms with E-state index >= 15 is 0 Å². The second-order valence-electron chi connectivity index (χ2n) is 5.91. The zero-order valence-electron chi connectivity index (χ0n) is 14.1. The fraction of sp³-hybridized carbons (Fsp3) is 0.412. The highest BCUT2D eigenvalue weighted by molar-refractivity contribution is 6.06. The molecule has 0 fully saturated rings. The molecular formula is C17H24N4O2. The van der Waals surface area contributed by atoms with Gasteiger partial charge in [-0.25, -0.2) is 0 Å². The Kier molecular flexibility index (Phi) is 5.39. The number of benzene rings is 1. The summed E-state index contributed by atoms with van der Waals surface area (Å²) < 4.78 is 0. The van der Waals surface area contributed by atoms with Gasteiger partial charge in [0.2, 0.25) is 0 Å². The van der Waals surface area contributed by atoms with Crippen LogP contribution in [0, 0.1) is 6.92 Å². The number of hydrogen-bond acceptors (Lipinski definition) is 4. The van der Waals surface area contributed by atoms with Gasteiger partial charge in [0.05, 0.1) is 17.9 Å². The molecule has 1 amide bonds. The van der Waals surface area contributed by atoms with Gasteiger partial charge in [-0.05, 0) is 37.1 Å². The molecule has 1 aromatic carbocycles. The maximum absolute atomic E-state index is 12.5. The molecule has 0 bridgehead atoms. The highest BCUT2D eigenvalue weighted by Gasteiger charge is 2.20. The van der Waals surface area contributed by atoms with Crippen molar-refractivity contribution in [2.75, 3.05) is 30.4 Å². The number of carbonyl (C=O) groups excluding carboxylic acids is 1. The Morgan fingerprint density at radius 1 is 1.35 bits per heavy atom. The molecule has 6 heteroatoms. The van der Waals surface area contributed by atoms with Crippen molar-refractivity contribution in [3.8, 4) is 0 Å². The maximum atomic E-state index is 12.5. The van der Waals surface area contributed by atoms with Crippen LogP contribution in [0.25, 0.3) is 0 Å².